The Hall–Kier alpha value is -3.14. The average molecular weight is 487 g/mol. The lowest BCUT2D eigenvalue weighted by molar-refractivity contribution is -0.130. The van der Waals surface area contributed by atoms with Gasteiger partial charge in [-0.2, -0.15) is 0 Å². The fourth-order valence-corrected chi connectivity index (χ4v) is 4.36. The van der Waals surface area contributed by atoms with Crippen molar-refractivity contribution in [3.63, 3.8) is 0 Å². The van der Waals surface area contributed by atoms with Crippen LogP contribution in [0.5, 0.6) is 11.5 Å². The van der Waals surface area contributed by atoms with E-state index in [-0.39, 0.29) is 24.3 Å². The number of carbonyl (C=O) groups is 2. The number of amides is 2. The Kier molecular flexibility index (Phi) is 9.08. The number of nitrogens with zero attached hydrogens (tertiary/aromatic N) is 5. The summed E-state index contributed by atoms with van der Waals surface area (Å²) in [6, 6.07) is 5.32. The van der Waals surface area contributed by atoms with E-state index in [1.807, 2.05) is 42.1 Å². The van der Waals surface area contributed by atoms with Crippen LogP contribution in [0.2, 0.25) is 0 Å². The Bertz CT molecular complexity index is 1020. The minimum Gasteiger partial charge on any atom is -0.493 e. The molecule has 192 valence electrons. The van der Waals surface area contributed by atoms with E-state index in [1.165, 1.54) is 0 Å². The molecular weight excluding hydrogens is 448 g/mol. The van der Waals surface area contributed by atoms with Gasteiger partial charge in [-0.1, -0.05) is 19.9 Å². The van der Waals surface area contributed by atoms with Crippen LogP contribution in [0.15, 0.2) is 18.2 Å². The molecule has 0 aliphatic carbocycles. The first kappa shape index (κ1) is 26.5. The van der Waals surface area contributed by atoms with Crippen LogP contribution < -0.4 is 14.8 Å². The minimum absolute atomic E-state index is 0.0432. The molecule has 2 heterocycles. The Morgan fingerprint density at radius 3 is 2.49 bits per heavy atom. The third-order valence-corrected chi connectivity index (χ3v) is 6.02. The van der Waals surface area contributed by atoms with Crippen molar-refractivity contribution in [2.75, 3.05) is 47.9 Å². The molecule has 0 saturated heterocycles. The molecule has 1 aliphatic heterocycles. The van der Waals surface area contributed by atoms with Crippen LogP contribution in [0.3, 0.4) is 0 Å². The summed E-state index contributed by atoms with van der Waals surface area (Å²) in [7, 11) is 6.91. The zero-order chi connectivity index (χ0) is 25.5. The number of likely N-dealkylation sites (N-methyl/N-ethyl adjacent to an activating group) is 1. The number of rotatable bonds is 10. The summed E-state index contributed by atoms with van der Waals surface area (Å²) in [4.78, 5) is 29.3. The van der Waals surface area contributed by atoms with E-state index in [4.69, 9.17) is 9.47 Å². The van der Waals surface area contributed by atoms with Gasteiger partial charge in [0.15, 0.2) is 17.3 Å². The maximum absolute atomic E-state index is 13.1. The highest BCUT2D eigenvalue weighted by atomic mass is 16.5. The van der Waals surface area contributed by atoms with Crippen molar-refractivity contribution >= 4 is 11.8 Å². The number of fused-ring (bicyclic) bond motifs is 1. The van der Waals surface area contributed by atoms with Crippen LogP contribution in [0.1, 0.15) is 43.5 Å². The number of aromatic nitrogens is 3. The molecule has 0 radical (unpaired) electrons. The van der Waals surface area contributed by atoms with E-state index in [1.54, 1.807) is 14.2 Å². The standard InChI is InChI=1S/C25H38N6O4/c1-17(2)13-19(26-23(32)16-29(3)4)25-28-27-22-9-10-30(11-12-31(22)25)24(33)15-18-7-8-20(34-5)21(14-18)35-6/h7-8,14,17,19H,9-13,15-16H2,1-6H3,(H,26,32)/t19-/m1/s1. The zero-order valence-corrected chi connectivity index (χ0v) is 21.7. The molecule has 1 aliphatic rings. The molecule has 1 aromatic heterocycles. The van der Waals surface area contributed by atoms with E-state index in [0.29, 0.717) is 50.0 Å². The third kappa shape index (κ3) is 6.94. The monoisotopic (exact) mass is 486 g/mol. The second-order valence-electron chi connectivity index (χ2n) is 9.61. The minimum atomic E-state index is -0.224. The smallest absolute Gasteiger partial charge is 0.234 e. The van der Waals surface area contributed by atoms with Gasteiger partial charge >= 0.3 is 0 Å². The summed E-state index contributed by atoms with van der Waals surface area (Å²) in [6.07, 6.45) is 1.66. The Labute approximate surface area is 207 Å². The van der Waals surface area contributed by atoms with Crippen molar-refractivity contribution in [2.45, 2.75) is 45.7 Å². The maximum Gasteiger partial charge on any atom is 0.234 e. The normalized spacial score (nSPS) is 14.5. The lowest BCUT2D eigenvalue weighted by atomic mass is 10.0. The molecule has 2 amide bonds. The number of benzene rings is 1. The van der Waals surface area contributed by atoms with Gasteiger partial charge in [0.25, 0.3) is 0 Å². The first-order valence-corrected chi connectivity index (χ1v) is 12.1. The van der Waals surface area contributed by atoms with Crippen molar-refractivity contribution in [3.05, 3.63) is 35.4 Å². The van der Waals surface area contributed by atoms with Crippen molar-refractivity contribution in [1.29, 1.82) is 0 Å². The van der Waals surface area contributed by atoms with E-state index < -0.39 is 0 Å². The molecule has 3 rings (SSSR count). The Balaban J connectivity index is 1.70. The van der Waals surface area contributed by atoms with E-state index in [2.05, 4.69) is 33.9 Å². The van der Waals surface area contributed by atoms with Crippen LogP contribution in [-0.2, 0) is 29.0 Å². The maximum atomic E-state index is 13.1. The molecule has 0 fully saturated rings. The highest BCUT2D eigenvalue weighted by Crippen LogP contribution is 2.28. The topological polar surface area (TPSA) is 102 Å². The van der Waals surface area contributed by atoms with E-state index in [0.717, 1.165) is 23.6 Å². The van der Waals surface area contributed by atoms with Gasteiger partial charge in [0.1, 0.15) is 5.82 Å². The van der Waals surface area contributed by atoms with Gasteiger partial charge in [-0.05, 0) is 44.1 Å². The summed E-state index contributed by atoms with van der Waals surface area (Å²) < 4.78 is 12.7. The second-order valence-corrected chi connectivity index (χ2v) is 9.61. The number of hydrogen-bond acceptors (Lipinski definition) is 7. The number of hydrogen-bond donors (Lipinski definition) is 1. The molecule has 1 aromatic carbocycles. The van der Waals surface area contributed by atoms with Gasteiger partial charge in [-0.25, -0.2) is 0 Å². The lowest BCUT2D eigenvalue weighted by Gasteiger charge is -2.23. The van der Waals surface area contributed by atoms with Crippen LogP contribution in [0.4, 0.5) is 0 Å². The largest absolute Gasteiger partial charge is 0.493 e. The van der Waals surface area contributed by atoms with Gasteiger partial charge in [0.05, 0.1) is 33.2 Å². The van der Waals surface area contributed by atoms with Crippen molar-refractivity contribution in [3.8, 4) is 11.5 Å². The number of ether oxygens (including phenoxy) is 2. The van der Waals surface area contributed by atoms with Crippen LogP contribution >= 0.6 is 0 Å². The van der Waals surface area contributed by atoms with Gasteiger partial charge < -0.3 is 29.2 Å². The number of carbonyl (C=O) groups excluding carboxylic acids is 2. The molecule has 2 aromatic rings. The van der Waals surface area contributed by atoms with Gasteiger partial charge in [0, 0.05) is 26.1 Å². The van der Waals surface area contributed by atoms with Crippen molar-refractivity contribution < 1.29 is 19.1 Å². The van der Waals surface area contributed by atoms with Crippen molar-refractivity contribution in [1.82, 2.24) is 29.9 Å². The molecule has 0 unspecified atom stereocenters. The SMILES string of the molecule is COc1ccc(CC(=O)N2CCc3nnc([C@@H](CC(C)C)NC(=O)CN(C)C)n3CC2)cc1OC. The predicted molar refractivity (Wildman–Crippen MR) is 132 cm³/mol. The van der Waals surface area contributed by atoms with Gasteiger partial charge in [0.2, 0.25) is 11.8 Å². The lowest BCUT2D eigenvalue weighted by Crippen LogP contribution is -2.38. The number of nitrogens with one attached hydrogen (secondary N) is 1. The summed E-state index contributed by atoms with van der Waals surface area (Å²) in [5.74, 6) is 3.23. The fraction of sp³-hybridized carbons (Fsp3) is 0.600. The molecule has 0 saturated carbocycles. The van der Waals surface area contributed by atoms with Crippen LogP contribution in [0.25, 0.3) is 0 Å². The van der Waals surface area contributed by atoms with E-state index in [9.17, 15) is 9.59 Å². The van der Waals surface area contributed by atoms with E-state index >= 15 is 0 Å². The third-order valence-electron chi connectivity index (χ3n) is 6.02. The molecule has 0 spiro atoms. The molecular formula is C25H38N6O4. The second kappa shape index (κ2) is 12.0. The van der Waals surface area contributed by atoms with Crippen LogP contribution in [-0.4, -0.2) is 84.3 Å². The molecule has 1 atom stereocenters. The molecule has 0 bridgehead atoms. The first-order chi connectivity index (χ1) is 16.7. The summed E-state index contributed by atoms with van der Waals surface area (Å²) in [5, 5.41) is 12.0. The first-order valence-electron chi connectivity index (χ1n) is 12.1. The van der Waals surface area contributed by atoms with Gasteiger partial charge in [-0.15, -0.1) is 10.2 Å². The van der Waals surface area contributed by atoms with Gasteiger partial charge in [-0.3, -0.25) is 9.59 Å². The van der Waals surface area contributed by atoms with Crippen molar-refractivity contribution in [2.24, 2.45) is 5.92 Å². The molecule has 35 heavy (non-hydrogen) atoms. The molecule has 10 heteroatoms. The summed E-state index contributed by atoms with van der Waals surface area (Å²) in [6.45, 7) is 6.29. The highest BCUT2D eigenvalue weighted by Gasteiger charge is 2.27. The molecule has 1 N–H and O–H groups in total. The average Bonchev–Trinajstić information content (AvgIpc) is 3.08. The summed E-state index contributed by atoms with van der Waals surface area (Å²) in [5.41, 5.74) is 0.873. The zero-order valence-electron chi connectivity index (χ0n) is 21.7. The Morgan fingerprint density at radius 1 is 1.09 bits per heavy atom. The highest BCUT2D eigenvalue weighted by molar-refractivity contribution is 5.79. The Morgan fingerprint density at radius 2 is 1.83 bits per heavy atom. The fourth-order valence-electron chi connectivity index (χ4n) is 4.36. The number of methoxy groups -OCH3 is 2. The predicted octanol–water partition coefficient (Wildman–Crippen LogP) is 1.69. The summed E-state index contributed by atoms with van der Waals surface area (Å²) >= 11 is 0. The molecule has 10 nitrogen and oxygen atoms in total. The van der Waals surface area contributed by atoms with Crippen LogP contribution in [0, 0.1) is 5.92 Å². The quantitative estimate of drug-likeness (QED) is 0.545.